The maximum absolute atomic E-state index is 8.82. The van der Waals surface area contributed by atoms with E-state index in [0.717, 1.165) is 18.1 Å². The minimum Gasteiger partial charge on any atom is -0.491 e. The molecule has 1 aromatic carbocycles. The Morgan fingerprint density at radius 2 is 2.00 bits per heavy atom. The number of ether oxygens (including phenoxy) is 1. The number of aliphatic hydroxyl groups is 1. The number of benzene rings is 1. The predicted octanol–water partition coefficient (Wildman–Crippen LogP) is 3.67. The molecule has 1 saturated carbocycles. The van der Waals surface area contributed by atoms with Crippen LogP contribution in [0.3, 0.4) is 0 Å². The van der Waals surface area contributed by atoms with Crippen LogP contribution in [0.2, 0.25) is 0 Å². The normalized spacial score (nSPS) is 16.8. The molecule has 0 bridgehead atoms. The van der Waals surface area contributed by atoms with Gasteiger partial charge in [-0.05, 0) is 42.4 Å². The average Bonchev–Trinajstić information content (AvgIpc) is 2.46. The topological polar surface area (TPSA) is 29.5 Å². The maximum atomic E-state index is 8.82. The smallest absolute Gasteiger partial charge is 0.122 e. The molecule has 0 saturated heterocycles. The monoisotopic (exact) mass is 248 g/mol. The first-order valence-corrected chi connectivity index (χ1v) is 7.21. The second-order valence-corrected chi connectivity index (χ2v) is 5.13. The van der Waals surface area contributed by atoms with Crippen molar-refractivity contribution < 1.29 is 9.84 Å². The zero-order valence-corrected chi connectivity index (χ0v) is 11.3. The maximum Gasteiger partial charge on any atom is 0.122 e. The van der Waals surface area contributed by atoms with Crippen LogP contribution in [-0.4, -0.2) is 18.3 Å². The summed E-state index contributed by atoms with van der Waals surface area (Å²) in [5, 5.41) is 8.82. The Morgan fingerprint density at radius 1 is 1.22 bits per heavy atom. The van der Waals surface area contributed by atoms with Crippen molar-refractivity contribution in [2.24, 2.45) is 0 Å². The van der Waals surface area contributed by atoms with Gasteiger partial charge in [-0.15, -0.1) is 0 Å². The van der Waals surface area contributed by atoms with E-state index in [0.29, 0.717) is 6.61 Å². The molecule has 1 aliphatic rings. The van der Waals surface area contributed by atoms with Gasteiger partial charge in [0.25, 0.3) is 0 Å². The van der Waals surface area contributed by atoms with Crippen molar-refractivity contribution in [1.82, 2.24) is 0 Å². The van der Waals surface area contributed by atoms with Crippen LogP contribution in [0.25, 0.3) is 0 Å². The van der Waals surface area contributed by atoms with E-state index in [1.54, 1.807) is 0 Å². The van der Waals surface area contributed by atoms with Gasteiger partial charge in [0, 0.05) is 0 Å². The molecule has 0 aromatic heterocycles. The number of hydrogen-bond acceptors (Lipinski definition) is 2. The molecule has 1 aliphatic carbocycles. The van der Waals surface area contributed by atoms with Gasteiger partial charge < -0.3 is 9.84 Å². The first-order chi connectivity index (χ1) is 8.85. The number of hydrogen-bond donors (Lipinski definition) is 1. The Balaban J connectivity index is 2.12. The minimum absolute atomic E-state index is 0.0769. The van der Waals surface area contributed by atoms with Crippen molar-refractivity contribution in [2.45, 2.75) is 51.4 Å². The Morgan fingerprint density at radius 3 is 2.67 bits per heavy atom. The fourth-order valence-corrected chi connectivity index (χ4v) is 2.86. The van der Waals surface area contributed by atoms with E-state index >= 15 is 0 Å². The first kappa shape index (κ1) is 13.4. The molecule has 0 amide bonds. The van der Waals surface area contributed by atoms with Crippen molar-refractivity contribution in [3.05, 3.63) is 29.3 Å². The quantitative estimate of drug-likeness (QED) is 0.861. The summed E-state index contributed by atoms with van der Waals surface area (Å²) >= 11 is 0. The van der Waals surface area contributed by atoms with Crippen molar-refractivity contribution >= 4 is 0 Å². The van der Waals surface area contributed by atoms with Crippen molar-refractivity contribution in [2.75, 3.05) is 13.2 Å². The summed E-state index contributed by atoms with van der Waals surface area (Å²) < 4.78 is 5.57. The lowest BCUT2D eigenvalue weighted by atomic mass is 9.83. The van der Waals surface area contributed by atoms with Gasteiger partial charge in [0.2, 0.25) is 0 Å². The van der Waals surface area contributed by atoms with Gasteiger partial charge in [0.15, 0.2) is 0 Å². The highest BCUT2D eigenvalue weighted by Crippen LogP contribution is 2.34. The first-order valence-electron chi connectivity index (χ1n) is 7.21. The van der Waals surface area contributed by atoms with Gasteiger partial charge in [0.1, 0.15) is 12.4 Å². The second-order valence-electron chi connectivity index (χ2n) is 5.13. The van der Waals surface area contributed by atoms with E-state index in [1.165, 1.54) is 43.2 Å². The van der Waals surface area contributed by atoms with Gasteiger partial charge >= 0.3 is 0 Å². The molecule has 18 heavy (non-hydrogen) atoms. The van der Waals surface area contributed by atoms with E-state index in [9.17, 15) is 0 Å². The molecule has 2 heteroatoms. The third kappa shape index (κ3) is 3.26. The van der Waals surface area contributed by atoms with Crippen LogP contribution >= 0.6 is 0 Å². The van der Waals surface area contributed by atoms with Crippen LogP contribution in [0.5, 0.6) is 5.75 Å². The Labute approximate surface area is 110 Å². The van der Waals surface area contributed by atoms with E-state index in [2.05, 4.69) is 25.1 Å². The molecule has 0 spiro atoms. The predicted molar refractivity (Wildman–Crippen MR) is 74.2 cm³/mol. The number of aryl methyl sites for hydroxylation is 1. The van der Waals surface area contributed by atoms with Gasteiger partial charge in [-0.3, -0.25) is 0 Å². The fourth-order valence-electron chi connectivity index (χ4n) is 2.86. The van der Waals surface area contributed by atoms with Crippen molar-refractivity contribution in [1.29, 1.82) is 0 Å². The summed E-state index contributed by atoms with van der Waals surface area (Å²) in [6, 6.07) is 6.60. The van der Waals surface area contributed by atoms with Crippen LogP contribution in [0.15, 0.2) is 18.2 Å². The Bertz CT molecular complexity index is 367. The second kappa shape index (κ2) is 6.79. The summed E-state index contributed by atoms with van der Waals surface area (Å²) in [5.74, 6) is 1.68. The molecule has 2 nitrogen and oxygen atoms in total. The highest BCUT2D eigenvalue weighted by molar-refractivity contribution is 5.38. The summed E-state index contributed by atoms with van der Waals surface area (Å²) in [6.07, 6.45) is 7.79. The highest BCUT2D eigenvalue weighted by atomic mass is 16.5. The Kier molecular flexibility index (Phi) is 5.06. The molecule has 0 heterocycles. The zero-order valence-electron chi connectivity index (χ0n) is 11.3. The molecule has 1 N–H and O–H groups in total. The standard InChI is InChI=1S/C16H24O2/c1-2-13-12-15(14-6-4-3-5-7-14)8-9-16(13)18-11-10-17/h8-9,12,14,17H,2-7,10-11H2,1H3. The minimum atomic E-state index is 0.0769. The lowest BCUT2D eigenvalue weighted by Crippen LogP contribution is -2.07. The summed E-state index contributed by atoms with van der Waals surface area (Å²) in [6.45, 7) is 2.62. The fraction of sp³-hybridized carbons (Fsp3) is 0.625. The molecule has 2 rings (SSSR count). The van der Waals surface area contributed by atoms with E-state index < -0.39 is 0 Å². The van der Waals surface area contributed by atoms with Gasteiger partial charge in [-0.2, -0.15) is 0 Å². The van der Waals surface area contributed by atoms with Crippen LogP contribution in [0, 0.1) is 0 Å². The lowest BCUT2D eigenvalue weighted by molar-refractivity contribution is 0.200. The summed E-state index contributed by atoms with van der Waals surface area (Å²) in [7, 11) is 0. The van der Waals surface area contributed by atoms with Crippen LogP contribution in [-0.2, 0) is 6.42 Å². The molecular formula is C16H24O2. The molecule has 0 radical (unpaired) electrons. The third-order valence-corrected chi connectivity index (χ3v) is 3.89. The lowest BCUT2D eigenvalue weighted by Gasteiger charge is -2.23. The molecule has 0 atom stereocenters. The van der Waals surface area contributed by atoms with Gasteiger partial charge in [-0.1, -0.05) is 38.3 Å². The zero-order chi connectivity index (χ0) is 12.8. The van der Waals surface area contributed by atoms with E-state index in [1.807, 2.05) is 0 Å². The largest absolute Gasteiger partial charge is 0.491 e. The van der Waals surface area contributed by atoms with E-state index in [4.69, 9.17) is 9.84 Å². The SMILES string of the molecule is CCc1cc(C2CCCCC2)ccc1OCCO. The highest BCUT2D eigenvalue weighted by Gasteiger charge is 2.16. The average molecular weight is 248 g/mol. The van der Waals surface area contributed by atoms with Gasteiger partial charge in [0.05, 0.1) is 6.61 Å². The number of aliphatic hydroxyl groups excluding tert-OH is 1. The van der Waals surface area contributed by atoms with Crippen LogP contribution in [0.1, 0.15) is 56.1 Å². The van der Waals surface area contributed by atoms with Crippen molar-refractivity contribution in [3.63, 3.8) is 0 Å². The molecule has 100 valence electrons. The Hall–Kier alpha value is -1.02. The molecule has 1 fully saturated rings. The summed E-state index contributed by atoms with van der Waals surface area (Å²) in [4.78, 5) is 0. The van der Waals surface area contributed by atoms with Crippen LogP contribution in [0.4, 0.5) is 0 Å². The van der Waals surface area contributed by atoms with Crippen LogP contribution < -0.4 is 4.74 Å². The molecular weight excluding hydrogens is 224 g/mol. The summed E-state index contributed by atoms with van der Waals surface area (Å²) in [5.41, 5.74) is 2.74. The number of rotatable bonds is 5. The van der Waals surface area contributed by atoms with Crippen molar-refractivity contribution in [3.8, 4) is 5.75 Å². The molecule has 0 aliphatic heterocycles. The third-order valence-electron chi connectivity index (χ3n) is 3.89. The molecule has 0 unspecified atom stereocenters. The van der Waals surface area contributed by atoms with Gasteiger partial charge in [-0.25, -0.2) is 0 Å². The van der Waals surface area contributed by atoms with E-state index in [-0.39, 0.29) is 6.61 Å². The molecule has 1 aromatic rings.